The Morgan fingerprint density at radius 1 is 1.43 bits per heavy atom. The monoisotopic (exact) mass is 288 g/mol. The number of carbonyl (C=O) groups excluding carboxylic acids is 1. The molecule has 0 saturated carbocycles. The number of aromatic nitrogens is 1. The highest BCUT2D eigenvalue weighted by molar-refractivity contribution is 6.04. The molecule has 2 heterocycles. The molecule has 0 spiro atoms. The maximum Gasteiger partial charge on any atom is 0.393 e. The van der Waals surface area contributed by atoms with E-state index in [9.17, 15) is 20.2 Å². The number of phenols is 2. The molecule has 0 bridgehead atoms. The third-order valence-electron chi connectivity index (χ3n) is 3.31. The van der Waals surface area contributed by atoms with Gasteiger partial charge in [0.05, 0.1) is 17.6 Å². The summed E-state index contributed by atoms with van der Waals surface area (Å²) in [5, 5.41) is 32.2. The van der Waals surface area contributed by atoms with E-state index in [0.717, 1.165) is 0 Å². The van der Waals surface area contributed by atoms with Crippen LogP contribution in [0.1, 0.15) is 12.5 Å². The molecule has 1 aromatic carbocycles. The zero-order valence-corrected chi connectivity index (χ0v) is 11.1. The third-order valence-corrected chi connectivity index (χ3v) is 3.31. The molecule has 1 atom stereocenters. The standard InChI is InChI=1S/C14H12N2O5/c1-2-21-14(19)9-6-8-11(16(9)20)7-4-3-5-15-10(7)13(18)12(8)17/h3-6,16-18H,2H2,1H3. The molecule has 21 heavy (non-hydrogen) atoms. The largest absolute Gasteiger partial charge is 0.623 e. The van der Waals surface area contributed by atoms with Gasteiger partial charge in [0.2, 0.25) is 5.70 Å². The van der Waals surface area contributed by atoms with Crippen LogP contribution in [-0.2, 0) is 9.53 Å². The van der Waals surface area contributed by atoms with E-state index in [2.05, 4.69) is 4.98 Å². The third kappa shape index (κ3) is 1.83. The Kier molecular flexibility index (Phi) is 3.00. The van der Waals surface area contributed by atoms with Gasteiger partial charge in [0.1, 0.15) is 5.52 Å². The van der Waals surface area contributed by atoms with Crippen molar-refractivity contribution >= 4 is 28.6 Å². The number of hydrogen-bond donors (Lipinski definition) is 3. The lowest BCUT2D eigenvalue weighted by Gasteiger charge is -2.20. The minimum absolute atomic E-state index is 0.112. The van der Waals surface area contributed by atoms with Gasteiger partial charge in [-0.05, 0) is 19.1 Å². The van der Waals surface area contributed by atoms with Gasteiger partial charge in [-0.15, -0.1) is 0 Å². The molecule has 1 aliphatic heterocycles. The number of ether oxygens (including phenoxy) is 1. The molecule has 2 aromatic rings. The minimum atomic E-state index is -0.755. The van der Waals surface area contributed by atoms with Gasteiger partial charge < -0.3 is 25.2 Å². The molecule has 0 radical (unpaired) electrons. The van der Waals surface area contributed by atoms with Crippen molar-refractivity contribution in [2.24, 2.45) is 0 Å². The molecular formula is C14H12N2O5. The molecule has 1 aromatic heterocycles. The van der Waals surface area contributed by atoms with Crippen LogP contribution in [0.2, 0.25) is 0 Å². The first-order valence-electron chi connectivity index (χ1n) is 6.32. The van der Waals surface area contributed by atoms with Gasteiger partial charge in [0.25, 0.3) is 0 Å². The molecule has 108 valence electrons. The Morgan fingerprint density at radius 2 is 2.19 bits per heavy atom. The number of rotatable bonds is 2. The van der Waals surface area contributed by atoms with Gasteiger partial charge in [-0.25, -0.2) is 4.79 Å². The lowest BCUT2D eigenvalue weighted by molar-refractivity contribution is -0.721. The predicted molar refractivity (Wildman–Crippen MR) is 73.7 cm³/mol. The summed E-state index contributed by atoms with van der Waals surface area (Å²) >= 11 is 0. The minimum Gasteiger partial charge on any atom is -0.623 e. The molecule has 0 aliphatic carbocycles. The summed E-state index contributed by atoms with van der Waals surface area (Å²) in [6.45, 7) is 1.77. The topological polar surface area (TPSA) is 107 Å². The Bertz CT molecular complexity index is 785. The number of fused-ring (bicyclic) bond motifs is 3. The lowest BCUT2D eigenvalue weighted by atomic mass is 10.1. The summed E-state index contributed by atoms with van der Waals surface area (Å²) in [6, 6.07) is 3.20. The van der Waals surface area contributed by atoms with Gasteiger partial charge in [-0.3, -0.25) is 4.98 Å². The number of aromatic hydroxyl groups is 2. The van der Waals surface area contributed by atoms with Crippen molar-refractivity contribution in [1.29, 1.82) is 0 Å². The summed E-state index contributed by atoms with van der Waals surface area (Å²) in [5.41, 5.74) is 0.205. The van der Waals surface area contributed by atoms with Crippen molar-refractivity contribution in [3.63, 3.8) is 0 Å². The number of phenolic OH excluding ortho intramolecular Hbond substituents is 2. The maximum absolute atomic E-state index is 12.4. The predicted octanol–water partition coefficient (Wildman–Crippen LogP) is 0.578. The highest BCUT2D eigenvalue weighted by atomic mass is 16.5. The second-order valence-corrected chi connectivity index (χ2v) is 4.49. The van der Waals surface area contributed by atoms with Gasteiger partial charge in [0, 0.05) is 12.3 Å². The van der Waals surface area contributed by atoms with Crippen LogP contribution in [0.3, 0.4) is 0 Å². The van der Waals surface area contributed by atoms with E-state index >= 15 is 0 Å². The number of esters is 1. The molecule has 0 saturated heterocycles. The van der Waals surface area contributed by atoms with Crippen LogP contribution in [0.4, 0.5) is 5.69 Å². The van der Waals surface area contributed by atoms with Crippen LogP contribution in [-0.4, -0.2) is 27.8 Å². The average molecular weight is 288 g/mol. The second kappa shape index (κ2) is 4.72. The molecule has 0 fully saturated rings. The summed E-state index contributed by atoms with van der Waals surface area (Å²) in [7, 11) is 0. The van der Waals surface area contributed by atoms with Crippen LogP contribution >= 0.6 is 0 Å². The van der Waals surface area contributed by atoms with E-state index in [0.29, 0.717) is 5.39 Å². The average Bonchev–Trinajstić information content (AvgIpc) is 2.83. The number of hydrogen-bond acceptors (Lipinski definition) is 6. The SMILES string of the molecule is CCOC(=O)C1=Cc2c(O)c(O)c3ncccc3c2[NH+]1[O-]. The van der Waals surface area contributed by atoms with Crippen molar-refractivity contribution < 1.29 is 24.8 Å². The number of nitrogens with zero attached hydrogens (tertiary/aromatic N) is 1. The van der Waals surface area contributed by atoms with Crippen LogP contribution < -0.4 is 5.06 Å². The van der Waals surface area contributed by atoms with Crippen molar-refractivity contribution in [1.82, 2.24) is 4.98 Å². The quantitative estimate of drug-likeness (QED) is 0.323. The smallest absolute Gasteiger partial charge is 0.393 e. The first-order valence-corrected chi connectivity index (χ1v) is 6.32. The summed E-state index contributed by atoms with van der Waals surface area (Å²) in [6.07, 6.45) is 2.67. The first-order chi connectivity index (χ1) is 10.1. The summed E-state index contributed by atoms with van der Waals surface area (Å²) in [4.78, 5) is 15.7. The molecule has 0 amide bonds. The number of pyridine rings is 1. The Labute approximate surface area is 119 Å². The normalized spacial score (nSPS) is 16.7. The molecule has 1 unspecified atom stereocenters. The Morgan fingerprint density at radius 3 is 2.90 bits per heavy atom. The number of carbonyl (C=O) groups is 1. The zero-order chi connectivity index (χ0) is 15.1. The van der Waals surface area contributed by atoms with E-state index in [1.165, 1.54) is 12.3 Å². The fourth-order valence-electron chi connectivity index (χ4n) is 2.39. The lowest BCUT2D eigenvalue weighted by Crippen LogP contribution is -3.00. The fourth-order valence-corrected chi connectivity index (χ4v) is 2.39. The van der Waals surface area contributed by atoms with Crippen LogP contribution in [0.5, 0.6) is 11.5 Å². The van der Waals surface area contributed by atoms with E-state index in [1.54, 1.807) is 19.1 Å². The van der Waals surface area contributed by atoms with E-state index < -0.39 is 22.5 Å². The molecule has 7 heteroatoms. The van der Waals surface area contributed by atoms with E-state index in [-0.39, 0.29) is 29.1 Å². The number of benzene rings is 1. The van der Waals surface area contributed by atoms with Gasteiger partial charge >= 0.3 is 5.97 Å². The van der Waals surface area contributed by atoms with Gasteiger partial charge in [-0.1, -0.05) is 0 Å². The number of nitrogens with one attached hydrogen (secondary N) is 1. The maximum atomic E-state index is 12.4. The van der Waals surface area contributed by atoms with E-state index in [4.69, 9.17) is 4.74 Å². The Hall–Kier alpha value is -2.64. The molecule has 7 nitrogen and oxygen atoms in total. The molecule has 1 aliphatic rings. The number of quaternary nitrogens is 1. The van der Waals surface area contributed by atoms with Crippen molar-refractivity contribution in [3.8, 4) is 11.5 Å². The summed E-state index contributed by atoms with van der Waals surface area (Å²) in [5.74, 6) is -1.64. The van der Waals surface area contributed by atoms with Crippen molar-refractivity contribution in [3.05, 3.63) is 34.8 Å². The van der Waals surface area contributed by atoms with Crippen LogP contribution in [0, 0.1) is 5.21 Å². The fraction of sp³-hybridized carbons (Fsp3) is 0.143. The molecule has 3 rings (SSSR count). The molecule has 3 N–H and O–H groups in total. The zero-order valence-electron chi connectivity index (χ0n) is 11.1. The van der Waals surface area contributed by atoms with Crippen molar-refractivity contribution in [2.45, 2.75) is 6.92 Å². The Balaban J connectivity index is 2.25. The number of hydroxylamine groups is 1. The highest BCUT2D eigenvalue weighted by Crippen LogP contribution is 2.43. The van der Waals surface area contributed by atoms with E-state index in [1.807, 2.05) is 0 Å². The first kappa shape index (κ1) is 13.3. The van der Waals surface area contributed by atoms with Crippen molar-refractivity contribution in [2.75, 3.05) is 6.61 Å². The molecular weight excluding hydrogens is 276 g/mol. The highest BCUT2D eigenvalue weighted by Gasteiger charge is 2.34. The van der Waals surface area contributed by atoms with Gasteiger partial charge in [0.15, 0.2) is 17.2 Å². The summed E-state index contributed by atoms with van der Waals surface area (Å²) < 4.78 is 4.82. The van der Waals surface area contributed by atoms with Crippen LogP contribution in [0.25, 0.3) is 17.0 Å². The second-order valence-electron chi connectivity index (χ2n) is 4.49. The van der Waals surface area contributed by atoms with Gasteiger partial charge in [-0.2, -0.15) is 0 Å². The van der Waals surface area contributed by atoms with Crippen LogP contribution in [0.15, 0.2) is 24.0 Å².